The van der Waals surface area contributed by atoms with E-state index in [1.54, 1.807) is 70.8 Å². The van der Waals surface area contributed by atoms with Gasteiger partial charge in [0, 0.05) is 116 Å². The molecule has 1 radical (unpaired) electrons. The monoisotopic (exact) mass is 986 g/mol. The number of rotatable bonds is 11. The van der Waals surface area contributed by atoms with E-state index in [1.165, 1.54) is 12.8 Å². The Kier molecular flexibility index (Phi) is 16.7. The molecule has 0 spiro atoms. The predicted octanol–water partition coefficient (Wildman–Crippen LogP) is 5.12. The first kappa shape index (κ1) is 51.0. The number of nitrogen functional groups attached to an aromatic ring is 1. The van der Waals surface area contributed by atoms with Crippen molar-refractivity contribution in [2.75, 3.05) is 101 Å². The van der Waals surface area contributed by atoms with Crippen LogP contribution in [0.3, 0.4) is 0 Å². The number of piperazine rings is 2. The minimum absolute atomic E-state index is 0.00831. The number of halogens is 1. The highest BCUT2D eigenvalue weighted by atomic mass is 35.5. The summed E-state index contributed by atoms with van der Waals surface area (Å²) < 4.78 is 4.16. The van der Waals surface area contributed by atoms with E-state index in [1.807, 2.05) is 47.4 Å². The van der Waals surface area contributed by atoms with Crippen molar-refractivity contribution in [3.05, 3.63) is 77.9 Å². The number of carbonyl (C=O) groups excluding carboxylic acids is 3. The smallest absolute Gasteiger partial charge is 0.376 e. The molecule has 0 aromatic carbocycles. The Balaban J connectivity index is 0.000000158. The van der Waals surface area contributed by atoms with Crippen LogP contribution in [0.5, 0.6) is 0 Å². The normalized spacial score (nSPS) is 16.8. The summed E-state index contributed by atoms with van der Waals surface area (Å²) >= 11 is 5.92. The largest absolute Gasteiger partial charge is 0.437 e. The van der Waals surface area contributed by atoms with Crippen LogP contribution in [-0.4, -0.2) is 176 Å². The first-order chi connectivity index (χ1) is 34.3. The number of nitrogens with zero attached hydrogens (tertiary/aromatic N) is 14. The molecule has 23 heteroatoms. The van der Waals surface area contributed by atoms with Crippen LogP contribution in [-0.2, 0) is 4.79 Å². The van der Waals surface area contributed by atoms with E-state index >= 15 is 0 Å². The number of carbonyl (C=O) groups is 3. The van der Waals surface area contributed by atoms with Gasteiger partial charge >= 0.3 is 7.05 Å². The average molecular weight is 986 g/mol. The van der Waals surface area contributed by atoms with E-state index in [0.29, 0.717) is 35.0 Å². The number of amides is 2. The van der Waals surface area contributed by atoms with Gasteiger partial charge in [0.25, 0.3) is 19.2 Å². The molecule has 0 atom stereocenters. The van der Waals surface area contributed by atoms with Crippen LogP contribution >= 0.6 is 11.6 Å². The lowest BCUT2D eigenvalue weighted by Crippen LogP contribution is -2.51. The topological polar surface area (TPSA) is 216 Å². The van der Waals surface area contributed by atoms with Crippen LogP contribution in [0.4, 0.5) is 29.0 Å². The van der Waals surface area contributed by atoms with E-state index < -0.39 is 0 Å². The number of anilines is 5. The average Bonchev–Trinajstić information content (AvgIpc) is 4.22. The lowest BCUT2D eigenvalue weighted by Gasteiger charge is -2.36. The maximum absolute atomic E-state index is 12.9. The molecule has 373 valence electrons. The summed E-state index contributed by atoms with van der Waals surface area (Å²) in [4.78, 5) is 74.0. The molecule has 4 aliphatic rings. The zero-order chi connectivity index (χ0) is 50.2. The highest BCUT2D eigenvalue weighted by molar-refractivity contribution is 6.64. The molecule has 8 heterocycles. The van der Waals surface area contributed by atoms with Gasteiger partial charge in [0.1, 0.15) is 34.3 Å². The minimum Gasteiger partial charge on any atom is -0.437 e. The third-order valence-electron chi connectivity index (χ3n) is 13.7. The fraction of sp³-hybridized carbons (Fsp3) is 0.479. The number of aromatic nitrogens is 8. The molecule has 10 rings (SSSR count). The van der Waals surface area contributed by atoms with Gasteiger partial charge in [-0.3, -0.25) is 9.59 Å². The Labute approximate surface area is 421 Å². The molecule has 6 aromatic heterocycles. The van der Waals surface area contributed by atoms with Crippen molar-refractivity contribution in [2.24, 2.45) is 0 Å². The minimum atomic E-state index is -0.355. The highest BCUT2D eigenvalue weighted by Gasteiger charge is 2.29. The standard InChI is InChI=1S/C24H30BN8O2.C14H17ClN4O.C10H17BN4O/c1-30(2)23(35)20-13-17-14-27-24(29-22(17)33(20)18-5-3-4-6-18)28-21-8-7-19(15-26-21)31-9-11-32(12-10-31)25-16-34;1-18(2)13(20)11-7-9-8-16-14(15)17-12(9)19(11)10-5-3-4-6-10;1-11(16)15-6-4-14(5-7-15)9-2-3-10(12)13-8-9/h7-8,13-16,18H,3-6,9-12H2,1-2H3,(H,26,27,28,29);7-8,10H,3-6H2,1-2H3;2-3,8,16H,4-7H2,1H3,(H2,12,13). The van der Waals surface area contributed by atoms with Crippen molar-refractivity contribution in [3.63, 3.8) is 0 Å². The Morgan fingerprint density at radius 1 is 0.718 bits per heavy atom. The second-order valence-corrected chi connectivity index (χ2v) is 19.2. The quantitative estimate of drug-likeness (QED) is 0.0873. The molecule has 2 aliphatic heterocycles. The van der Waals surface area contributed by atoms with Crippen LogP contribution in [0.1, 0.15) is 84.4 Å². The number of hydrogen-bond donors (Lipinski definition) is 3. The molecule has 4 N–H and O–H groups in total. The molecule has 6 aromatic rings. The number of nitrogens with one attached hydrogen (secondary N) is 1. The maximum atomic E-state index is 12.9. The fourth-order valence-corrected chi connectivity index (χ4v) is 9.95. The highest BCUT2D eigenvalue weighted by Crippen LogP contribution is 2.36. The van der Waals surface area contributed by atoms with E-state index in [-0.39, 0.29) is 30.2 Å². The van der Waals surface area contributed by atoms with Crippen LogP contribution in [0, 0.1) is 0 Å². The van der Waals surface area contributed by atoms with Crippen LogP contribution in [0.2, 0.25) is 12.1 Å². The fourth-order valence-electron chi connectivity index (χ4n) is 9.82. The summed E-state index contributed by atoms with van der Waals surface area (Å²) in [6, 6.07) is 12.1. The second kappa shape index (κ2) is 23.3. The van der Waals surface area contributed by atoms with Gasteiger partial charge in [0.2, 0.25) is 11.2 Å². The number of fused-ring (bicyclic) bond motifs is 2. The van der Waals surface area contributed by atoms with Gasteiger partial charge in [0.15, 0.2) is 0 Å². The van der Waals surface area contributed by atoms with Crippen molar-refractivity contribution in [3.8, 4) is 0 Å². The van der Waals surface area contributed by atoms with Crippen molar-refractivity contribution in [1.82, 2.24) is 58.5 Å². The molecule has 0 unspecified atom stereocenters. The lowest BCUT2D eigenvalue weighted by molar-refractivity contribution is 0.0808. The molecule has 2 aliphatic carbocycles. The summed E-state index contributed by atoms with van der Waals surface area (Å²) in [5, 5.41) is 14.6. The first-order valence-electron chi connectivity index (χ1n) is 24.5. The van der Waals surface area contributed by atoms with Crippen LogP contribution in [0.25, 0.3) is 22.1 Å². The van der Waals surface area contributed by atoms with Crippen LogP contribution in [0.15, 0.2) is 61.2 Å². The van der Waals surface area contributed by atoms with E-state index in [9.17, 15) is 19.4 Å². The Morgan fingerprint density at radius 2 is 1.23 bits per heavy atom. The molecule has 4 fully saturated rings. The first-order valence-corrected chi connectivity index (χ1v) is 24.9. The van der Waals surface area contributed by atoms with Crippen molar-refractivity contribution >= 4 is 95.1 Å². The van der Waals surface area contributed by atoms with Gasteiger partial charge in [-0.2, -0.15) is 9.97 Å². The molecule has 2 amide bonds. The summed E-state index contributed by atoms with van der Waals surface area (Å²) in [6.45, 7) is 8.68. The summed E-state index contributed by atoms with van der Waals surface area (Å²) in [5.74, 6) is 1.63. The Bertz CT molecular complexity index is 2750. The maximum Gasteiger partial charge on any atom is 0.376 e. The van der Waals surface area contributed by atoms with Gasteiger partial charge in [-0.15, -0.1) is 0 Å². The van der Waals surface area contributed by atoms with Crippen LogP contribution < -0.4 is 20.9 Å². The summed E-state index contributed by atoms with van der Waals surface area (Å²) in [5.41, 5.74) is 10.6. The van der Waals surface area contributed by atoms with Gasteiger partial charge in [-0.1, -0.05) is 25.7 Å². The third kappa shape index (κ3) is 12.2. The van der Waals surface area contributed by atoms with Crippen molar-refractivity contribution < 1.29 is 19.4 Å². The summed E-state index contributed by atoms with van der Waals surface area (Å²) in [7, 11) is 8.32. The molecule has 20 nitrogen and oxygen atoms in total. The number of pyridine rings is 2. The van der Waals surface area contributed by atoms with Gasteiger partial charge in [-0.05, 0) is 80.5 Å². The molecule has 2 saturated heterocycles. The molecular weight excluding hydrogens is 922 g/mol. The second-order valence-electron chi connectivity index (χ2n) is 18.9. The van der Waals surface area contributed by atoms with Gasteiger partial charge in [-0.25, -0.2) is 19.9 Å². The Morgan fingerprint density at radius 3 is 1.70 bits per heavy atom. The SMILES string of the molecule is CB(O)N1CCN(c2ccc(N)nc2)CC1.CN(C)C(=O)c1cc2cnc(Cl)nc2n1C1CCCC1.CN(C)C(=O)c1cc2cnc(Nc3ccc(N4CCN([B]C=O)CC4)cn3)nc2n1C1CCCC1. The van der Waals surface area contributed by atoms with E-state index in [2.05, 4.69) is 54.0 Å². The number of hydrogen-bond acceptors (Lipinski definition) is 16. The molecule has 0 bridgehead atoms. The zero-order valence-electron chi connectivity index (χ0n) is 41.4. The van der Waals surface area contributed by atoms with E-state index in [0.717, 1.165) is 131 Å². The van der Waals surface area contributed by atoms with Crippen molar-refractivity contribution in [2.45, 2.75) is 70.3 Å². The predicted molar refractivity (Wildman–Crippen MR) is 281 cm³/mol. The van der Waals surface area contributed by atoms with Gasteiger partial charge in [0.05, 0.1) is 30.0 Å². The molecule has 2 saturated carbocycles. The number of nitrogens with two attached hydrogens (primary N) is 1. The van der Waals surface area contributed by atoms with E-state index in [4.69, 9.17) is 22.3 Å². The van der Waals surface area contributed by atoms with Gasteiger partial charge < -0.3 is 59.2 Å². The summed E-state index contributed by atoms with van der Waals surface area (Å²) in [6.07, 6.45) is 16.9. The van der Waals surface area contributed by atoms with Crippen molar-refractivity contribution in [1.29, 1.82) is 0 Å². The zero-order valence-corrected chi connectivity index (χ0v) is 42.1. The Hall–Kier alpha value is -6.35. The molecular formula is C48H64B2ClN16O4. The molecule has 71 heavy (non-hydrogen) atoms. The lowest BCUT2D eigenvalue weighted by atomic mass is 9.84. The third-order valence-corrected chi connectivity index (χ3v) is 13.9.